The van der Waals surface area contributed by atoms with E-state index in [2.05, 4.69) is 16.2 Å². The molecule has 0 saturated carbocycles. The zero-order valence-corrected chi connectivity index (χ0v) is 14.0. The highest BCUT2D eigenvalue weighted by molar-refractivity contribution is 5.87. The fraction of sp³-hybridized carbons (Fsp3) is 0.0500. The van der Waals surface area contributed by atoms with E-state index in [9.17, 15) is 5.26 Å². The molecular weight excluding hydrogens is 326 g/mol. The number of furan rings is 1. The van der Waals surface area contributed by atoms with Gasteiger partial charge in [0.2, 0.25) is 0 Å². The summed E-state index contributed by atoms with van der Waals surface area (Å²) in [6, 6.07) is 17.4. The van der Waals surface area contributed by atoms with Gasteiger partial charge in [0.05, 0.1) is 6.26 Å². The topological polar surface area (TPSA) is 93.7 Å². The molecule has 0 atom stereocenters. The molecule has 26 heavy (non-hydrogen) atoms. The Hall–Kier alpha value is -3.85. The van der Waals surface area contributed by atoms with Crippen LogP contribution < -0.4 is 5.73 Å². The number of rotatable bonds is 3. The van der Waals surface area contributed by atoms with Crippen LogP contribution in [0.15, 0.2) is 65.4 Å². The average molecular weight is 341 g/mol. The fourth-order valence-corrected chi connectivity index (χ4v) is 2.94. The fourth-order valence-electron chi connectivity index (χ4n) is 2.94. The summed E-state index contributed by atoms with van der Waals surface area (Å²) in [4.78, 5) is 4.32. The first-order valence-corrected chi connectivity index (χ1v) is 8.01. The van der Waals surface area contributed by atoms with Crippen LogP contribution in [0.3, 0.4) is 0 Å². The lowest BCUT2D eigenvalue weighted by Gasteiger charge is -2.09. The van der Waals surface area contributed by atoms with Gasteiger partial charge in [-0.05, 0) is 18.2 Å². The zero-order valence-electron chi connectivity index (χ0n) is 14.0. The third-order valence-electron chi connectivity index (χ3n) is 4.10. The number of aromatic nitrogens is 3. The molecular formula is C20H15N5O. The quantitative estimate of drug-likeness (QED) is 0.610. The molecule has 0 amide bonds. The van der Waals surface area contributed by atoms with Gasteiger partial charge in [0.1, 0.15) is 28.8 Å². The molecule has 2 N–H and O–H groups in total. The number of anilines is 1. The van der Waals surface area contributed by atoms with Crippen molar-refractivity contribution in [3.8, 4) is 39.9 Å². The summed E-state index contributed by atoms with van der Waals surface area (Å²) < 4.78 is 7.16. The van der Waals surface area contributed by atoms with Crippen LogP contribution in [0.5, 0.6) is 0 Å². The minimum absolute atomic E-state index is 0.166. The molecule has 126 valence electrons. The number of nitrogens with zero attached hydrogens (tertiary/aromatic N) is 4. The van der Waals surface area contributed by atoms with Crippen LogP contribution in [0.25, 0.3) is 33.8 Å². The molecule has 3 heterocycles. The normalized spacial score (nSPS) is 10.6. The predicted molar refractivity (Wildman–Crippen MR) is 98.7 cm³/mol. The van der Waals surface area contributed by atoms with E-state index in [1.807, 2.05) is 49.6 Å². The van der Waals surface area contributed by atoms with Gasteiger partial charge in [-0.3, -0.25) is 4.68 Å². The van der Waals surface area contributed by atoms with E-state index in [4.69, 9.17) is 10.2 Å². The number of hydrogen-bond donors (Lipinski definition) is 1. The molecule has 6 heteroatoms. The second kappa shape index (κ2) is 6.22. The van der Waals surface area contributed by atoms with Gasteiger partial charge in [-0.2, -0.15) is 10.4 Å². The van der Waals surface area contributed by atoms with Crippen molar-refractivity contribution in [2.45, 2.75) is 0 Å². The lowest BCUT2D eigenvalue weighted by molar-refractivity contribution is 0.580. The first-order chi connectivity index (χ1) is 12.7. The minimum Gasteiger partial charge on any atom is -0.463 e. The van der Waals surface area contributed by atoms with E-state index in [0.717, 1.165) is 16.8 Å². The monoisotopic (exact) mass is 341 g/mol. The number of hydrogen-bond acceptors (Lipinski definition) is 5. The molecule has 0 spiro atoms. The summed E-state index contributed by atoms with van der Waals surface area (Å²) in [6.07, 6.45) is 3.45. The summed E-state index contributed by atoms with van der Waals surface area (Å²) in [6.45, 7) is 0. The highest BCUT2D eigenvalue weighted by Crippen LogP contribution is 2.36. The Morgan fingerprint density at radius 1 is 1.12 bits per heavy atom. The molecule has 0 aliphatic carbocycles. The predicted octanol–water partition coefficient (Wildman–Crippen LogP) is 3.86. The summed E-state index contributed by atoms with van der Waals surface area (Å²) in [5, 5.41) is 14.2. The Kier molecular flexibility index (Phi) is 3.75. The van der Waals surface area contributed by atoms with Crippen LogP contribution in [0, 0.1) is 11.3 Å². The van der Waals surface area contributed by atoms with Crippen LogP contribution in [0.4, 0.5) is 5.82 Å². The number of aryl methyl sites for hydroxylation is 1. The van der Waals surface area contributed by atoms with Gasteiger partial charge in [-0.25, -0.2) is 4.98 Å². The number of benzene rings is 1. The Labute approximate surface area is 150 Å². The lowest BCUT2D eigenvalue weighted by Crippen LogP contribution is -1.99. The number of nitrogen functional groups attached to an aromatic ring is 1. The van der Waals surface area contributed by atoms with Crippen molar-refractivity contribution in [3.63, 3.8) is 0 Å². The van der Waals surface area contributed by atoms with Crippen molar-refractivity contribution < 1.29 is 4.42 Å². The van der Waals surface area contributed by atoms with Crippen molar-refractivity contribution >= 4 is 5.82 Å². The van der Waals surface area contributed by atoms with Crippen LogP contribution in [-0.2, 0) is 7.05 Å². The van der Waals surface area contributed by atoms with Gasteiger partial charge >= 0.3 is 0 Å². The van der Waals surface area contributed by atoms with Gasteiger partial charge < -0.3 is 10.2 Å². The largest absolute Gasteiger partial charge is 0.463 e. The Balaban J connectivity index is 1.98. The minimum atomic E-state index is 0.166. The average Bonchev–Trinajstić information content (AvgIpc) is 3.31. The van der Waals surface area contributed by atoms with E-state index in [0.29, 0.717) is 22.6 Å². The smallest absolute Gasteiger partial charge is 0.152 e. The van der Waals surface area contributed by atoms with Crippen molar-refractivity contribution in [3.05, 3.63) is 66.6 Å². The summed E-state index contributed by atoms with van der Waals surface area (Å²) in [5.74, 6) is 0.756. The van der Waals surface area contributed by atoms with Crippen LogP contribution >= 0.6 is 0 Å². The highest BCUT2D eigenvalue weighted by Gasteiger charge is 2.19. The molecule has 1 aromatic carbocycles. The molecule has 3 aromatic heterocycles. The van der Waals surface area contributed by atoms with E-state index >= 15 is 0 Å². The Morgan fingerprint density at radius 3 is 2.62 bits per heavy atom. The molecule has 0 aliphatic heterocycles. The molecule has 4 aromatic rings. The second-order valence-corrected chi connectivity index (χ2v) is 5.84. The van der Waals surface area contributed by atoms with Crippen LogP contribution in [-0.4, -0.2) is 14.8 Å². The number of pyridine rings is 1. The van der Waals surface area contributed by atoms with Gasteiger partial charge in [-0.1, -0.05) is 30.3 Å². The van der Waals surface area contributed by atoms with Gasteiger partial charge in [0, 0.05) is 29.9 Å². The van der Waals surface area contributed by atoms with Crippen LogP contribution in [0.1, 0.15) is 5.56 Å². The Bertz CT molecular complexity index is 1110. The molecule has 0 bridgehead atoms. The standard InChI is InChI=1S/C20H15N5O/c1-25-12-16(19(24-25)13-6-3-2-4-7-13)14-10-17(18-8-5-9-26-18)23-20(22)15(14)11-21/h2-10,12H,1H3,(H2,22,23). The third-order valence-corrected chi connectivity index (χ3v) is 4.10. The van der Waals surface area contributed by atoms with E-state index in [1.54, 1.807) is 23.1 Å². The second-order valence-electron chi connectivity index (χ2n) is 5.84. The van der Waals surface area contributed by atoms with Crippen LogP contribution in [0.2, 0.25) is 0 Å². The first kappa shape index (κ1) is 15.7. The van der Waals surface area contributed by atoms with Crippen molar-refractivity contribution in [2.75, 3.05) is 5.73 Å². The molecule has 4 rings (SSSR count). The molecule has 0 aliphatic rings. The van der Waals surface area contributed by atoms with E-state index < -0.39 is 0 Å². The summed E-state index contributed by atoms with van der Waals surface area (Å²) >= 11 is 0. The highest BCUT2D eigenvalue weighted by atomic mass is 16.3. The van der Waals surface area contributed by atoms with Gasteiger partial charge in [0.15, 0.2) is 5.76 Å². The third kappa shape index (κ3) is 2.62. The molecule has 0 unspecified atom stereocenters. The van der Waals surface area contributed by atoms with E-state index in [-0.39, 0.29) is 5.82 Å². The Morgan fingerprint density at radius 2 is 1.92 bits per heavy atom. The number of nitrogens with two attached hydrogens (primary N) is 1. The van der Waals surface area contributed by atoms with Crippen molar-refractivity contribution in [1.82, 2.24) is 14.8 Å². The summed E-state index contributed by atoms with van der Waals surface area (Å²) in [5.41, 5.74) is 10.2. The first-order valence-electron chi connectivity index (χ1n) is 8.01. The maximum atomic E-state index is 9.63. The van der Waals surface area contributed by atoms with Crippen molar-refractivity contribution in [2.24, 2.45) is 7.05 Å². The molecule has 0 fully saturated rings. The summed E-state index contributed by atoms with van der Waals surface area (Å²) in [7, 11) is 1.85. The van der Waals surface area contributed by atoms with Gasteiger partial charge in [0.25, 0.3) is 0 Å². The zero-order chi connectivity index (χ0) is 18.1. The maximum absolute atomic E-state index is 9.63. The molecule has 6 nitrogen and oxygen atoms in total. The maximum Gasteiger partial charge on any atom is 0.152 e. The van der Waals surface area contributed by atoms with Gasteiger partial charge in [-0.15, -0.1) is 0 Å². The molecule has 0 saturated heterocycles. The number of nitriles is 1. The van der Waals surface area contributed by atoms with E-state index in [1.165, 1.54) is 0 Å². The lowest BCUT2D eigenvalue weighted by atomic mass is 9.97. The SMILES string of the molecule is Cn1cc(-c2cc(-c3ccco3)nc(N)c2C#N)c(-c2ccccc2)n1. The molecule has 0 radical (unpaired) electrons. The van der Waals surface area contributed by atoms with Crippen molar-refractivity contribution in [1.29, 1.82) is 5.26 Å².